The number of ether oxygens (including phenoxy) is 2. The van der Waals surface area contributed by atoms with Crippen molar-refractivity contribution in [1.82, 2.24) is 0 Å². The molecule has 0 saturated carbocycles. The summed E-state index contributed by atoms with van der Waals surface area (Å²) in [5.74, 6) is -0.0301. The fourth-order valence-electron chi connectivity index (χ4n) is 1.80. The Bertz CT molecular complexity index is 358. The lowest BCUT2D eigenvalue weighted by Crippen LogP contribution is -2.33. The Hall–Kier alpha value is -1.37. The first-order valence-electron chi connectivity index (χ1n) is 5.53. The second kappa shape index (κ2) is 5.64. The molecule has 2 atom stereocenters. The van der Waals surface area contributed by atoms with E-state index in [0.717, 1.165) is 12.0 Å². The third kappa shape index (κ3) is 2.82. The van der Waals surface area contributed by atoms with Gasteiger partial charge < -0.3 is 9.47 Å². The van der Waals surface area contributed by atoms with E-state index in [1.165, 1.54) is 0 Å². The molecule has 1 aliphatic rings. The number of hydrogen-bond donors (Lipinski definition) is 0. The van der Waals surface area contributed by atoms with Crippen molar-refractivity contribution in [2.75, 3.05) is 13.2 Å². The maximum absolute atomic E-state index is 8.97. The van der Waals surface area contributed by atoms with E-state index in [9.17, 15) is 0 Å². The average Bonchev–Trinajstić information content (AvgIpc) is 2.38. The molecule has 1 saturated heterocycles. The quantitative estimate of drug-likeness (QED) is 0.779. The SMILES string of the molecule is N#CC1CCOCC1OCc1ccccc1. The van der Waals surface area contributed by atoms with Gasteiger partial charge in [-0.1, -0.05) is 30.3 Å². The number of nitrogens with zero attached hydrogens (tertiary/aromatic N) is 1. The topological polar surface area (TPSA) is 42.2 Å². The highest BCUT2D eigenvalue weighted by Gasteiger charge is 2.26. The maximum Gasteiger partial charge on any atom is 0.0971 e. The lowest BCUT2D eigenvalue weighted by Gasteiger charge is -2.26. The third-order valence-electron chi connectivity index (χ3n) is 2.78. The number of nitriles is 1. The molecule has 1 aliphatic heterocycles. The van der Waals surface area contributed by atoms with Crippen molar-refractivity contribution in [3.8, 4) is 6.07 Å². The Kier molecular flexibility index (Phi) is 3.92. The van der Waals surface area contributed by atoms with Crippen LogP contribution in [0, 0.1) is 17.2 Å². The van der Waals surface area contributed by atoms with Gasteiger partial charge >= 0.3 is 0 Å². The van der Waals surface area contributed by atoms with Gasteiger partial charge in [0.1, 0.15) is 0 Å². The van der Waals surface area contributed by atoms with Crippen LogP contribution in [0.5, 0.6) is 0 Å². The summed E-state index contributed by atoms with van der Waals surface area (Å²) in [5, 5.41) is 8.97. The molecule has 0 bridgehead atoms. The highest BCUT2D eigenvalue weighted by atomic mass is 16.5. The fraction of sp³-hybridized carbons (Fsp3) is 0.462. The Morgan fingerprint density at radius 1 is 1.38 bits per heavy atom. The fourth-order valence-corrected chi connectivity index (χ4v) is 1.80. The normalized spacial score (nSPS) is 24.9. The van der Waals surface area contributed by atoms with Crippen LogP contribution in [0.25, 0.3) is 0 Å². The molecule has 16 heavy (non-hydrogen) atoms. The van der Waals surface area contributed by atoms with Gasteiger partial charge in [0.15, 0.2) is 0 Å². The lowest BCUT2D eigenvalue weighted by molar-refractivity contribution is -0.0764. The van der Waals surface area contributed by atoms with E-state index in [-0.39, 0.29) is 12.0 Å². The molecule has 0 N–H and O–H groups in total. The van der Waals surface area contributed by atoms with Crippen molar-refractivity contribution >= 4 is 0 Å². The summed E-state index contributed by atoms with van der Waals surface area (Å²) in [6, 6.07) is 12.3. The number of benzene rings is 1. The first kappa shape index (κ1) is 11.1. The molecule has 2 unspecified atom stereocenters. The van der Waals surface area contributed by atoms with Crippen LogP contribution in [0.1, 0.15) is 12.0 Å². The van der Waals surface area contributed by atoms with E-state index >= 15 is 0 Å². The van der Waals surface area contributed by atoms with Gasteiger partial charge in [0, 0.05) is 6.61 Å². The molecule has 0 aromatic heterocycles. The highest BCUT2D eigenvalue weighted by Crippen LogP contribution is 2.18. The molecular formula is C13H15NO2. The summed E-state index contributed by atoms with van der Waals surface area (Å²) in [7, 11) is 0. The van der Waals surface area contributed by atoms with Crippen LogP contribution in [0.15, 0.2) is 30.3 Å². The smallest absolute Gasteiger partial charge is 0.0971 e. The molecule has 1 heterocycles. The molecule has 1 fully saturated rings. The van der Waals surface area contributed by atoms with Crippen LogP contribution < -0.4 is 0 Å². The zero-order valence-electron chi connectivity index (χ0n) is 9.13. The summed E-state index contributed by atoms with van der Waals surface area (Å²) in [6.45, 7) is 1.75. The predicted octanol–water partition coefficient (Wildman–Crippen LogP) is 2.13. The second-order valence-corrected chi connectivity index (χ2v) is 3.93. The second-order valence-electron chi connectivity index (χ2n) is 3.93. The zero-order valence-corrected chi connectivity index (χ0v) is 9.13. The summed E-state index contributed by atoms with van der Waals surface area (Å²) >= 11 is 0. The van der Waals surface area contributed by atoms with Gasteiger partial charge in [-0.3, -0.25) is 0 Å². The molecule has 0 aliphatic carbocycles. The minimum atomic E-state index is -0.0843. The molecule has 3 nitrogen and oxygen atoms in total. The Morgan fingerprint density at radius 2 is 2.19 bits per heavy atom. The maximum atomic E-state index is 8.97. The molecule has 84 valence electrons. The predicted molar refractivity (Wildman–Crippen MR) is 59.6 cm³/mol. The molecule has 0 spiro atoms. The summed E-state index contributed by atoms with van der Waals surface area (Å²) in [5.41, 5.74) is 1.13. The van der Waals surface area contributed by atoms with E-state index < -0.39 is 0 Å². The minimum absolute atomic E-state index is 0.0301. The monoisotopic (exact) mass is 217 g/mol. The molecule has 1 aromatic rings. The number of hydrogen-bond acceptors (Lipinski definition) is 3. The molecule has 1 aromatic carbocycles. The molecule has 0 radical (unpaired) electrons. The molecule has 0 amide bonds. The van der Waals surface area contributed by atoms with E-state index in [2.05, 4.69) is 6.07 Å². The van der Waals surface area contributed by atoms with Gasteiger partial charge in [-0.2, -0.15) is 5.26 Å². The van der Waals surface area contributed by atoms with Crippen molar-refractivity contribution < 1.29 is 9.47 Å². The highest BCUT2D eigenvalue weighted by molar-refractivity contribution is 5.13. The van der Waals surface area contributed by atoms with Crippen LogP contribution in [-0.2, 0) is 16.1 Å². The molecule has 3 heteroatoms. The van der Waals surface area contributed by atoms with Gasteiger partial charge in [0.05, 0.1) is 31.3 Å². The van der Waals surface area contributed by atoms with Crippen molar-refractivity contribution in [1.29, 1.82) is 5.26 Å². The van der Waals surface area contributed by atoms with Gasteiger partial charge in [0.2, 0.25) is 0 Å². The Morgan fingerprint density at radius 3 is 2.94 bits per heavy atom. The van der Waals surface area contributed by atoms with Crippen molar-refractivity contribution in [2.45, 2.75) is 19.1 Å². The first-order chi connectivity index (χ1) is 7.90. The van der Waals surface area contributed by atoms with E-state index in [0.29, 0.717) is 19.8 Å². The van der Waals surface area contributed by atoms with Gasteiger partial charge in [-0.05, 0) is 12.0 Å². The van der Waals surface area contributed by atoms with Gasteiger partial charge in [-0.25, -0.2) is 0 Å². The van der Waals surface area contributed by atoms with Crippen molar-refractivity contribution in [2.24, 2.45) is 5.92 Å². The summed E-state index contributed by atoms with van der Waals surface area (Å²) < 4.78 is 11.1. The van der Waals surface area contributed by atoms with E-state index in [1.54, 1.807) is 0 Å². The van der Waals surface area contributed by atoms with Crippen LogP contribution in [0.4, 0.5) is 0 Å². The third-order valence-corrected chi connectivity index (χ3v) is 2.78. The minimum Gasteiger partial charge on any atom is -0.379 e. The van der Waals surface area contributed by atoms with Crippen LogP contribution in [0.3, 0.4) is 0 Å². The van der Waals surface area contributed by atoms with E-state index in [4.69, 9.17) is 14.7 Å². The largest absolute Gasteiger partial charge is 0.379 e. The standard InChI is InChI=1S/C13H15NO2/c14-8-12-6-7-15-10-13(12)16-9-11-4-2-1-3-5-11/h1-5,12-13H,6-7,9-10H2. The van der Waals surface area contributed by atoms with Gasteiger partial charge in [0.25, 0.3) is 0 Å². The number of rotatable bonds is 3. The van der Waals surface area contributed by atoms with Gasteiger partial charge in [-0.15, -0.1) is 0 Å². The van der Waals surface area contributed by atoms with Crippen molar-refractivity contribution in [3.05, 3.63) is 35.9 Å². The van der Waals surface area contributed by atoms with Crippen molar-refractivity contribution in [3.63, 3.8) is 0 Å². The molecule has 2 rings (SSSR count). The first-order valence-corrected chi connectivity index (χ1v) is 5.53. The Balaban J connectivity index is 1.87. The molecular weight excluding hydrogens is 202 g/mol. The van der Waals surface area contributed by atoms with Crippen LogP contribution in [0.2, 0.25) is 0 Å². The Labute approximate surface area is 95.6 Å². The van der Waals surface area contributed by atoms with Crippen LogP contribution in [-0.4, -0.2) is 19.3 Å². The van der Waals surface area contributed by atoms with E-state index in [1.807, 2.05) is 30.3 Å². The lowest BCUT2D eigenvalue weighted by atomic mass is 9.99. The average molecular weight is 217 g/mol. The van der Waals surface area contributed by atoms with Crippen LogP contribution >= 0.6 is 0 Å². The summed E-state index contributed by atoms with van der Waals surface area (Å²) in [6.07, 6.45) is 0.689. The zero-order chi connectivity index (χ0) is 11.2. The summed E-state index contributed by atoms with van der Waals surface area (Å²) in [4.78, 5) is 0.